The second-order valence-electron chi connectivity index (χ2n) is 5.39. The van der Waals surface area contributed by atoms with E-state index in [9.17, 15) is 14.7 Å². The molecule has 1 saturated heterocycles. The number of hydrogen-bond acceptors (Lipinski definition) is 4. The summed E-state index contributed by atoms with van der Waals surface area (Å²) in [6, 6.07) is 7.94. The molecule has 1 fully saturated rings. The molecule has 0 unspecified atom stereocenters. The molecule has 0 aliphatic carbocycles. The third-order valence-corrected chi connectivity index (χ3v) is 6.07. The van der Waals surface area contributed by atoms with E-state index in [1.54, 1.807) is 24.3 Å². The van der Waals surface area contributed by atoms with Crippen LogP contribution >= 0.6 is 80.6 Å². The van der Waals surface area contributed by atoms with E-state index in [1.165, 1.54) is 12.1 Å². The average Bonchev–Trinajstić information content (AvgIpc) is 2.58. The fourth-order valence-corrected chi connectivity index (χ4v) is 4.96. The highest BCUT2D eigenvalue weighted by Crippen LogP contribution is 2.32. The molecular weight excluding hydrogens is 637 g/mol. The first-order valence-electron chi connectivity index (χ1n) is 7.23. The molecule has 2 amide bonds. The van der Waals surface area contributed by atoms with Gasteiger partial charge in [0.1, 0.15) is 11.3 Å². The number of hydrogen-bond donors (Lipinski definition) is 2. The molecule has 5 nitrogen and oxygen atoms in total. The van der Waals surface area contributed by atoms with Crippen LogP contribution in [0.5, 0.6) is 5.75 Å². The quantitative estimate of drug-likeness (QED) is 0.215. The Labute approximate surface area is 197 Å². The lowest BCUT2D eigenvalue weighted by Crippen LogP contribution is -2.54. The van der Waals surface area contributed by atoms with Crippen LogP contribution in [0, 0.1) is 7.14 Å². The Morgan fingerprint density at radius 2 is 1.74 bits per heavy atom. The first-order valence-corrected chi connectivity index (χ1v) is 10.6. The molecule has 0 radical (unpaired) electrons. The molecule has 2 N–H and O–H groups in total. The monoisotopic (exact) mass is 644 g/mol. The summed E-state index contributed by atoms with van der Waals surface area (Å²) < 4.78 is 1.20. The smallest absolute Gasteiger partial charge is 0.270 e. The van der Waals surface area contributed by atoms with E-state index in [0.717, 1.165) is 4.90 Å². The number of carbonyl (C=O) groups excluding carboxylic acids is 2. The van der Waals surface area contributed by atoms with E-state index in [2.05, 4.69) is 5.32 Å². The molecule has 0 aromatic heterocycles. The second kappa shape index (κ2) is 8.19. The number of aromatic hydroxyl groups is 1. The van der Waals surface area contributed by atoms with E-state index >= 15 is 0 Å². The largest absolute Gasteiger partial charge is 0.506 e. The summed E-state index contributed by atoms with van der Waals surface area (Å²) in [5.41, 5.74) is 0.804. The number of benzene rings is 2. The summed E-state index contributed by atoms with van der Waals surface area (Å²) in [5.74, 6) is -1.07. The summed E-state index contributed by atoms with van der Waals surface area (Å²) in [6.45, 7) is 0. The summed E-state index contributed by atoms with van der Waals surface area (Å²) in [5, 5.41) is 12.9. The normalized spacial score (nSPS) is 16.1. The van der Waals surface area contributed by atoms with Gasteiger partial charge in [0.15, 0.2) is 5.11 Å². The predicted octanol–water partition coefficient (Wildman–Crippen LogP) is 4.74. The van der Waals surface area contributed by atoms with Crippen LogP contribution in [-0.2, 0) is 9.59 Å². The summed E-state index contributed by atoms with van der Waals surface area (Å²) in [6.07, 6.45) is 1.44. The van der Waals surface area contributed by atoms with Gasteiger partial charge < -0.3 is 5.11 Å². The minimum absolute atomic E-state index is 0.0683. The van der Waals surface area contributed by atoms with Crippen molar-refractivity contribution in [1.29, 1.82) is 0 Å². The van der Waals surface area contributed by atoms with Gasteiger partial charge in [0.2, 0.25) is 0 Å². The summed E-state index contributed by atoms with van der Waals surface area (Å²) in [4.78, 5) is 26.5. The van der Waals surface area contributed by atoms with E-state index in [0.29, 0.717) is 23.4 Å². The Morgan fingerprint density at radius 1 is 1.11 bits per heavy atom. The summed E-state index contributed by atoms with van der Waals surface area (Å²) >= 11 is 21.2. The number of anilines is 1. The lowest BCUT2D eigenvalue weighted by Gasteiger charge is -2.29. The van der Waals surface area contributed by atoms with Gasteiger partial charge in [-0.15, -0.1) is 0 Å². The highest BCUT2D eigenvalue weighted by atomic mass is 127. The zero-order valence-corrected chi connectivity index (χ0v) is 19.7. The van der Waals surface area contributed by atoms with E-state index in [1.807, 2.05) is 45.2 Å². The maximum absolute atomic E-state index is 13.0. The number of carbonyl (C=O) groups is 2. The van der Waals surface area contributed by atoms with Gasteiger partial charge in [0.25, 0.3) is 11.8 Å². The SMILES string of the molecule is O=C1NC(=S)N(c2ccc(Cl)cc2Cl)C(=O)/C1=C/c1cc(I)c(O)c(I)c1. The van der Waals surface area contributed by atoms with Crippen molar-refractivity contribution in [2.45, 2.75) is 0 Å². The van der Waals surface area contributed by atoms with Crippen molar-refractivity contribution in [2.24, 2.45) is 0 Å². The molecule has 2 aromatic rings. The summed E-state index contributed by atoms with van der Waals surface area (Å²) in [7, 11) is 0. The van der Waals surface area contributed by atoms with Crippen LogP contribution in [0.4, 0.5) is 5.69 Å². The lowest BCUT2D eigenvalue weighted by molar-refractivity contribution is -0.122. The number of halogens is 4. The minimum atomic E-state index is -0.607. The zero-order valence-electron chi connectivity index (χ0n) is 13.1. The van der Waals surface area contributed by atoms with Gasteiger partial charge in [0, 0.05) is 5.02 Å². The molecule has 0 bridgehead atoms. The molecule has 0 atom stereocenters. The van der Waals surface area contributed by atoms with Crippen LogP contribution in [0.25, 0.3) is 6.08 Å². The fourth-order valence-electron chi connectivity index (χ4n) is 2.37. The molecule has 0 saturated carbocycles. The van der Waals surface area contributed by atoms with Crippen molar-refractivity contribution in [3.05, 3.63) is 58.7 Å². The van der Waals surface area contributed by atoms with E-state index in [-0.39, 0.29) is 21.5 Å². The maximum Gasteiger partial charge on any atom is 0.270 e. The van der Waals surface area contributed by atoms with Gasteiger partial charge >= 0.3 is 0 Å². The van der Waals surface area contributed by atoms with E-state index < -0.39 is 11.8 Å². The molecule has 1 aliphatic rings. The Bertz CT molecular complexity index is 1020. The highest BCUT2D eigenvalue weighted by molar-refractivity contribution is 14.1. The first-order chi connectivity index (χ1) is 12.7. The van der Waals surface area contributed by atoms with Crippen molar-refractivity contribution in [2.75, 3.05) is 4.90 Å². The van der Waals surface area contributed by atoms with Crippen molar-refractivity contribution < 1.29 is 14.7 Å². The standard InChI is InChI=1S/C17H8Cl2I2N2O3S/c18-8-1-2-13(10(19)6-8)23-16(26)9(15(25)22-17(23)27)3-7-4-11(20)14(24)12(21)5-7/h1-6,24H,(H,22,25,27)/b9-3+. The average molecular weight is 645 g/mol. The van der Waals surface area contributed by atoms with Crippen molar-refractivity contribution in [1.82, 2.24) is 5.32 Å². The Kier molecular flexibility index (Phi) is 6.31. The number of phenolic OH excluding ortho intramolecular Hbond substituents is 1. The van der Waals surface area contributed by atoms with Gasteiger partial charge in [-0.3, -0.25) is 19.8 Å². The topological polar surface area (TPSA) is 69.6 Å². The van der Waals surface area contributed by atoms with Gasteiger partial charge in [-0.25, -0.2) is 0 Å². The molecule has 1 aliphatic heterocycles. The third kappa shape index (κ3) is 4.24. The van der Waals surface area contributed by atoms with Crippen LogP contribution in [-0.4, -0.2) is 22.0 Å². The fraction of sp³-hybridized carbons (Fsp3) is 0. The first kappa shape index (κ1) is 20.8. The number of nitrogens with zero attached hydrogens (tertiary/aromatic N) is 1. The Morgan fingerprint density at radius 3 is 2.33 bits per heavy atom. The molecular formula is C17H8Cl2I2N2O3S. The molecule has 10 heteroatoms. The molecule has 138 valence electrons. The number of thiocarbonyl (C=S) groups is 1. The van der Waals surface area contributed by atoms with Gasteiger partial charge in [-0.2, -0.15) is 0 Å². The number of amides is 2. The van der Waals surface area contributed by atoms with Crippen LogP contribution in [0.15, 0.2) is 35.9 Å². The molecule has 1 heterocycles. The Balaban J connectivity index is 2.07. The predicted molar refractivity (Wildman–Crippen MR) is 126 cm³/mol. The van der Waals surface area contributed by atoms with Crippen molar-refractivity contribution in [3.63, 3.8) is 0 Å². The van der Waals surface area contributed by atoms with Crippen molar-refractivity contribution >= 4 is 109 Å². The van der Waals surface area contributed by atoms with Gasteiger partial charge in [-0.1, -0.05) is 23.2 Å². The molecule has 2 aromatic carbocycles. The Hall–Kier alpha value is -0.950. The van der Waals surface area contributed by atoms with Crippen LogP contribution in [0.1, 0.15) is 5.56 Å². The van der Waals surface area contributed by atoms with Gasteiger partial charge in [-0.05, 0) is 99.4 Å². The van der Waals surface area contributed by atoms with Crippen LogP contribution in [0.3, 0.4) is 0 Å². The van der Waals surface area contributed by atoms with Gasteiger partial charge in [0.05, 0.1) is 17.9 Å². The highest BCUT2D eigenvalue weighted by Gasteiger charge is 2.35. The maximum atomic E-state index is 13.0. The second-order valence-corrected chi connectivity index (χ2v) is 8.94. The molecule has 0 spiro atoms. The lowest BCUT2D eigenvalue weighted by atomic mass is 10.1. The van der Waals surface area contributed by atoms with E-state index in [4.69, 9.17) is 35.4 Å². The number of nitrogens with one attached hydrogen (secondary N) is 1. The van der Waals surface area contributed by atoms with Crippen LogP contribution < -0.4 is 10.2 Å². The molecule has 3 rings (SSSR count). The third-order valence-electron chi connectivity index (χ3n) is 3.60. The van der Waals surface area contributed by atoms with Crippen molar-refractivity contribution in [3.8, 4) is 5.75 Å². The number of rotatable bonds is 2. The number of phenols is 1. The zero-order chi connectivity index (χ0) is 19.9. The molecule has 27 heavy (non-hydrogen) atoms. The minimum Gasteiger partial charge on any atom is -0.506 e. The van der Waals surface area contributed by atoms with Crippen LogP contribution in [0.2, 0.25) is 10.0 Å².